The van der Waals surface area contributed by atoms with E-state index in [9.17, 15) is 9.59 Å². The second-order valence-electron chi connectivity index (χ2n) is 5.99. The summed E-state index contributed by atoms with van der Waals surface area (Å²) in [5.74, 6) is -0.728. The number of hydrogen-bond donors (Lipinski definition) is 0. The van der Waals surface area contributed by atoms with Gasteiger partial charge in [-0.2, -0.15) is 0 Å². The minimum absolute atomic E-state index is 0.0838. The second kappa shape index (κ2) is 8.12. The van der Waals surface area contributed by atoms with Gasteiger partial charge in [0.25, 0.3) is 5.91 Å². The van der Waals surface area contributed by atoms with Crippen molar-refractivity contribution in [2.75, 3.05) is 25.2 Å². The molecule has 0 heterocycles. The Kier molecular flexibility index (Phi) is 6.15. The standard InChI is InChI=1S/C20H25NO4/c1-6-25-12-18(22)21(15(4)20(23)24-5)19-14(3)13(2)11-16-9-7-8-10-17(16)19/h7-11,15H,6,12H2,1-5H3. The lowest BCUT2D eigenvalue weighted by Crippen LogP contribution is -2.46. The first-order valence-corrected chi connectivity index (χ1v) is 8.38. The SMILES string of the molecule is CCOCC(=O)N(c1c(C)c(C)cc2ccccc12)C(C)C(=O)OC. The number of carbonyl (C=O) groups excluding carboxylic acids is 2. The predicted molar refractivity (Wildman–Crippen MR) is 98.9 cm³/mol. The number of hydrogen-bond acceptors (Lipinski definition) is 4. The summed E-state index contributed by atoms with van der Waals surface area (Å²) in [5.41, 5.74) is 2.75. The van der Waals surface area contributed by atoms with Gasteiger partial charge in [0.1, 0.15) is 12.6 Å². The Labute approximate surface area is 148 Å². The third-order valence-corrected chi connectivity index (χ3v) is 4.40. The van der Waals surface area contributed by atoms with Gasteiger partial charge in [0.2, 0.25) is 0 Å². The maximum absolute atomic E-state index is 12.9. The van der Waals surface area contributed by atoms with Crippen LogP contribution in [0.3, 0.4) is 0 Å². The monoisotopic (exact) mass is 343 g/mol. The van der Waals surface area contributed by atoms with Crippen LogP contribution in [0, 0.1) is 13.8 Å². The van der Waals surface area contributed by atoms with Crippen LogP contribution in [-0.2, 0) is 19.1 Å². The van der Waals surface area contributed by atoms with Gasteiger partial charge >= 0.3 is 5.97 Å². The van der Waals surface area contributed by atoms with Gasteiger partial charge in [-0.3, -0.25) is 9.69 Å². The molecule has 2 aromatic carbocycles. The lowest BCUT2D eigenvalue weighted by molar-refractivity contribution is -0.143. The molecule has 0 bridgehead atoms. The highest BCUT2D eigenvalue weighted by molar-refractivity contribution is 6.08. The van der Waals surface area contributed by atoms with E-state index in [1.165, 1.54) is 12.0 Å². The fourth-order valence-electron chi connectivity index (χ4n) is 2.95. The molecule has 1 unspecified atom stereocenters. The van der Waals surface area contributed by atoms with Gasteiger partial charge in [-0.25, -0.2) is 4.79 Å². The second-order valence-corrected chi connectivity index (χ2v) is 5.99. The van der Waals surface area contributed by atoms with E-state index in [2.05, 4.69) is 6.07 Å². The molecule has 134 valence electrons. The highest BCUT2D eigenvalue weighted by Crippen LogP contribution is 2.34. The van der Waals surface area contributed by atoms with Gasteiger partial charge < -0.3 is 9.47 Å². The Morgan fingerprint density at radius 3 is 2.52 bits per heavy atom. The Morgan fingerprint density at radius 2 is 1.88 bits per heavy atom. The van der Waals surface area contributed by atoms with Crippen molar-refractivity contribution < 1.29 is 19.1 Å². The third-order valence-electron chi connectivity index (χ3n) is 4.40. The van der Waals surface area contributed by atoms with E-state index in [1.807, 2.05) is 45.0 Å². The molecule has 0 aliphatic rings. The Hall–Kier alpha value is -2.40. The smallest absolute Gasteiger partial charge is 0.328 e. The number of amides is 1. The van der Waals surface area contributed by atoms with Crippen LogP contribution in [0.1, 0.15) is 25.0 Å². The third kappa shape index (κ3) is 3.82. The van der Waals surface area contributed by atoms with Crippen LogP contribution in [0.2, 0.25) is 0 Å². The number of methoxy groups -OCH3 is 1. The predicted octanol–water partition coefficient (Wildman–Crippen LogP) is 3.39. The van der Waals surface area contributed by atoms with Crippen LogP contribution in [0.4, 0.5) is 5.69 Å². The lowest BCUT2D eigenvalue weighted by atomic mass is 9.98. The van der Waals surface area contributed by atoms with E-state index < -0.39 is 12.0 Å². The van der Waals surface area contributed by atoms with Crippen molar-refractivity contribution in [1.29, 1.82) is 0 Å². The molecule has 25 heavy (non-hydrogen) atoms. The zero-order valence-electron chi connectivity index (χ0n) is 15.5. The van der Waals surface area contributed by atoms with Gasteiger partial charge in [0, 0.05) is 12.0 Å². The minimum Gasteiger partial charge on any atom is -0.467 e. The summed E-state index contributed by atoms with van der Waals surface area (Å²) >= 11 is 0. The fourth-order valence-corrected chi connectivity index (χ4v) is 2.95. The molecule has 2 aromatic rings. The molecule has 0 fully saturated rings. The van der Waals surface area contributed by atoms with E-state index in [-0.39, 0.29) is 12.5 Å². The molecule has 5 heteroatoms. The van der Waals surface area contributed by atoms with Crippen molar-refractivity contribution in [3.8, 4) is 0 Å². The summed E-state index contributed by atoms with van der Waals surface area (Å²) in [5, 5.41) is 1.94. The largest absolute Gasteiger partial charge is 0.467 e. The van der Waals surface area contributed by atoms with E-state index in [0.29, 0.717) is 6.61 Å². The highest BCUT2D eigenvalue weighted by Gasteiger charge is 2.30. The highest BCUT2D eigenvalue weighted by atomic mass is 16.5. The van der Waals surface area contributed by atoms with Crippen molar-refractivity contribution in [1.82, 2.24) is 0 Å². The Bertz CT molecular complexity index is 785. The van der Waals surface area contributed by atoms with Gasteiger partial charge in [0.05, 0.1) is 12.8 Å². The van der Waals surface area contributed by atoms with E-state index in [4.69, 9.17) is 9.47 Å². The first-order chi connectivity index (χ1) is 11.9. The quantitative estimate of drug-likeness (QED) is 0.755. The average Bonchev–Trinajstić information content (AvgIpc) is 2.62. The molecule has 5 nitrogen and oxygen atoms in total. The normalized spacial score (nSPS) is 12.0. The van der Waals surface area contributed by atoms with Crippen molar-refractivity contribution in [3.63, 3.8) is 0 Å². The summed E-state index contributed by atoms with van der Waals surface area (Å²) in [7, 11) is 1.32. The number of nitrogens with zero attached hydrogens (tertiary/aromatic N) is 1. The van der Waals surface area contributed by atoms with Gasteiger partial charge in [-0.05, 0) is 44.2 Å². The number of rotatable bonds is 6. The molecule has 1 amide bonds. The first-order valence-electron chi connectivity index (χ1n) is 8.38. The van der Waals surface area contributed by atoms with E-state index in [1.54, 1.807) is 6.92 Å². The van der Waals surface area contributed by atoms with Crippen LogP contribution in [0.25, 0.3) is 10.8 Å². The van der Waals surface area contributed by atoms with Crippen LogP contribution in [0.5, 0.6) is 0 Å². The van der Waals surface area contributed by atoms with Crippen LogP contribution < -0.4 is 4.90 Å². The molecule has 0 aliphatic carbocycles. The molecular weight excluding hydrogens is 318 g/mol. The maximum Gasteiger partial charge on any atom is 0.328 e. The zero-order valence-corrected chi connectivity index (χ0v) is 15.5. The molecular formula is C20H25NO4. The maximum atomic E-state index is 12.9. The van der Waals surface area contributed by atoms with Gasteiger partial charge in [0.15, 0.2) is 0 Å². The lowest BCUT2D eigenvalue weighted by Gasteiger charge is -2.30. The molecule has 0 aliphatic heterocycles. The Balaban J connectivity index is 2.68. The zero-order chi connectivity index (χ0) is 18.6. The van der Waals surface area contributed by atoms with E-state index in [0.717, 1.165) is 27.6 Å². The number of ether oxygens (including phenoxy) is 2. The first kappa shape index (κ1) is 18.9. The van der Waals surface area contributed by atoms with Crippen LogP contribution >= 0.6 is 0 Å². The fraction of sp³-hybridized carbons (Fsp3) is 0.400. The molecule has 0 saturated heterocycles. The molecule has 0 aromatic heterocycles. The van der Waals surface area contributed by atoms with Crippen molar-refractivity contribution in [2.24, 2.45) is 0 Å². The summed E-state index contributed by atoms with van der Waals surface area (Å²) in [6.07, 6.45) is 0. The summed E-state index contributed by atoms with van der Waals surface area (Å²) in [6, 6.07) is 9.18. The molecule has 0 saturated carbocycles. The summed E-state index contributed by atoms with van der Waals surface area (Å²) in [6.45, 7) is 7.81. The van der Waals surface area contributed by atoms with Crippen LogP contribution in [-0.4, -0.2) is 38.2 Å². The molecule has 1 atom stereocenters. The number of benzene rings is 2. The molecule has 0 spiro atoms. The van der Waals surface area contributed by atoms with Crippen LogP contribution in [0.15, 0.2) is 30.3 Å². The number of anilines is 1. The number of fused-ring (bicyclic) bond motifs is 1. The molecule has 0 radical (unpaired) electrons. The number of esters is 1. The van der Waals surface area contributed by atoms with E-state index >= 15 is 0 Å². The minimum atomic E-state index is -0.748. The topological polar surface area (TPSA) is 55.8 Å². The van der Waals surface area contributed by atoms with Gasteiger partial charge in [-0.1, -0.05) is 30.3 Å². The van der Waals surface area contributed by atoms with Crippen molar-refractivity contribution in [3.05, 3.63) is 41.5 Å². The molecule has 2 rings (SSSR count). The molecule has 0 N–H and O–H groups in total. The van der Waals surface area contributed by atoms with Crippen molar-refractivity contribution >= 4 is 28.3 Å². The Morgan fingerprint density at radius 1 is 1.20 bits per heavy atom. The summed E-state index contributed by atoms with van der Waals surface area (Å²) < 4.78 is 10.2. The summed E-state index contributed by atoms with van der Waals surface area (Å²) in [4.78, 5) is 26.6. The average molecular weight is 343 g/mol. The number of carbonyl (C=O) groups is 2. The number of aryl methyl sites for hydroxylation is 1. The van der Waals surface area contributed by atoms with Gasteiger partial charge in [-0.15, -0.1) is 0 Å². The van der Waals surface area contributed by atoms with Crippen molar-refractivity contribution in [2.45, 2.75) is 33.7 Å².